The Bertz CT molecular complexity index is 2050. The van der Waals surface area contributed by atoms with Crippen LogP contribution < -0.4 is 20.6 Å². The lowest BCUT2D eigenvalue weighted by Gasteiger charge is -2.07. The molecule has 0 fully saturated rings. The highest BCUT2D eigenvalue weighted by molar-refractivity contribution is 5.53. The first-order valence-corrected chi connectivity index (χ1v) is 15.2. The van der Waals surface area contributed by atoms with Crippen molar-refractivity contribution in [2.24, 2.45) is 20.5 Å². The van der Waals surface area contributed by atoms with Crippen LogP contribution in [0.5, 0.6) is 11.5 Å². The van der Waals surface area contributed by atoms with Gasteiger partial charge < -0.3 is 9.47 Å². The Labute approximate surface area is 275 Å². The van der Waals surface area contributed by atoms with Crippen LogP contribution in [-0.2, 0) is 0 Å². The van der Waals surface area contributed by atoms with Gasteiger partial charge in [-0.25, -0.2) is 9.36 Å². The maximum absolute atomic E-state index is 13.0. The monoisotopic (exact) mass is 640 g/mol. The SMILES string of the molecule is Cc1[nH]n(-c2ccccc2)c(=O)c1N=Nc1ccccc1OC/C=C/COc1ccccc1N=Nc1c(C)[nH]n(-c2ccccc2)c1=O. The Morgan fingerprint density at radius 1 is 0.542 bits per heavy atom. The van der Waals surface area contributed by atoms with E-state index in [4.69, 9.17) is 9.47 Å². The van der Waals surface area contributed by atoms with Gasteiger partial charge in [-0.3, -0.25) is 19.8 Å². The van der Waals surface area contributed by atoms with Crippen LogP contribution in [0.2, 0.25) is 0 Å². The molecule has 2 aromatic heterocycles. The van der Waals surface area contributed by atoms with Gasteiger partial charge in [-0.1, -0.05) is 60.7 Å². The molecule has 0 unspecified atom stereocenters. The van der Waals surface area contributed by atoms with E-state index in [1.807, 2.05) is 97.1 Å². The van der Waals surface area contributed by atoms with Crippen molar-refractivity contribution in [1.82, 2.24) is 19.6 Å². The fourth-order valence-electron chi connectivity index (χ4n) is 4.77. The second-order valence-electron chi connectivity index (χ2n) is 10.6. The lowest BCUT2D eigenvalue weighted by molar-refractivity contribution is 0.351. The third kappa shape index (κ3) is 7.12. The van der Waals surface area contributed by atoms with E-state index in [1.54, 1.807) is 38.1 Å². The Hall–Kier alpha value is -6.56. The van der Waals surface area contributed by atoms with Gasteiger partial charge in [0, 0.05) is 0 Å². The molecule has 48 heavy (non-hydrogen) atoms. The van der Waals surface area contributed by atoms with Crippen molar-refractivity contribution in [2.75, 3.05) is 13.2 Å². The van der Waals surface area contributed by atoms with E-state index in [9.17, 15) is 9.59 Å². The normalized spacial score (nSPS) is 11.6. The number of aryl methyl sites for hydroxylation is 2. The zero-order chi connectivity index (χ0) is 33.3. The molecular weight excluding hydrogens is 608 g/mol. The zero-order valence-corrected chi connectivity index (χ0v) is 26.3. The highest BCUT2D eigenvalue weighted by Gasteiger charge is 2.14. The summed E-state index contributed by atoms with van der Waals surface area (Å²) in [4.78, 5) is 25.9. The fourth-order valence-corrected chi connectivity index (χ4v) is 4.77. The number of H-pyrrole nitrogens is 2. The molecular formula is C36H32N8O4. The summed E-state index contributed by atoms with van der Waals surface area (Å²) in [6.07, 6.45) is 3.64. The first-order chi connectivity index (χ1) is 23.5. The summed E-state index contributed by atoms with van der Waals surface area (Å²) >= 11 is 0. The standard InChI is InChI=1S/C36H32N8O4/c1-25-33(35(45)43(41-25)27-15-5-3-6-16-27)39-37-29-19-9-11-21-31(29)47-23-13-14-24-48-32-22-12-10-20-30(32)38-40-34-26(2)42-44(36(34)46)28-17-7-4-8-18-28/h3-22,41-42H,23-24H2,1-2H3/b14-13+,39-37?,40-38?. The molecule has 240 valence electrons. The summed E-state index contributed by atoms with van der Waals surface area (Å²) in [6, 6.07) is 33.0. The van der Waals surface area contributed by atoms with Gasteiger partial charge in [0.15, 0.2) is 11.4 Å². The number of aromatic amines is 2. The van der Waals surface area contributed by atoms with Crippen LogP contribution in [0.4, 0.5) is 22.7 Å². The molecule has 0 saturated heterocycles. The molecule has 2 N–H and O–H groups in total. The first kappa shape index (κ1) is 31.4. The number of ether oxygens (including phenoxy) is 2. The molecule has 0 saturated carbocycles. The van der Waals surface area contributed by atoms with E-state index in [-0.39, 0.29) is 35.7 Å². The molecule has 0 aliphatic heterocycles. The summed E-state index contributed by atoms with van der Waals surface area (Å²) in [5, 5.41) is 23.2. The zero-order valence-electron chi connectivity index (χ0n) is 26.3. The maximum Gasteiger partial charge on any atom is 0.299 e. The molecule has 6 rings (SSSR count). The van der Waals surface area contributed by atoms with E-state index < -0.39 is 0 Å². The van der Waals surface area contributed by atoms with E-state index in [1.165, 1.54) is 9.36 Å². The van der Waals surface area contributed by atoms with Crippen LogP contribution in [-0.4, -0.2) is 32.8 Å². The van der Waals surface area contributed by atoms with Crippen molar-refractivity contribution in [3.63, 3.8) is 0 Å². The molecule has 0 bridgehead atoms. The van der Waals surface area contributed by atoms with Gasteiger partial charge in [0.05, 0.1) is 22.8 Å². The number of rotatable bonds is 12. The number of azo groups is 2. The lowest BCUT2D eigenvalue weighted by Crippen LogP contribution is -2.13. The van der Waals surface area contributed by atoms with Crippen molar-refractivity contribution in [1.29, 1.82) is 0 Å². The van der Waals surface area contributed by atoms with Crippen molar-refractivity contribution in [3.05, 3.63) is 153 Å². The quantitative estimate of drug-likeness (QED) is 0.103. The fraction of sp³-hybridized carbons (Fsp3) is 0.111. The van der Waals surface area contributed by atoms with Crippen LogP contribution in [0.25, 0.3) is 11.4 Å². The molecule has 12 nitrogen and oxygen atoms in total. The average Bonchev–Trinajstić information content (AvgIpc) is 3.57. The molecule has 6 aromatic rings. The van der Waals surface area contributed by atoms with Crippen molar-refractivity contribution >= 4 is 22.7 Å². The van der Waals surface area contributed by atoms with Crippen LogP contribution in [0.3, 0.4) is 0 Å². The second kappa shape index (κ2) is 14.7. The maximum atomic E-state index is 13.0. The van der Waals surface area contributed by atoms with Crippen LogP contribution in [0.1, 0.15) is 11.4 Å². The van der Waals surface area contributed by atoms with Gasteiger partial charge >= 0.3 is 0 Å². The summed E-state index contributed by atoms with van der Waals surface area (Å²) < 4.78 is 14.7. The van der Waals surface area contributed by atoms with Crippen LogP contribution >= 0.6 is 0 Å². The van der Waals surface area contributed by atoms with E-state index >= 15 is 0 Å². The molecule has 0 atom stereocenters. The number of nitrogens with zero attached hydrogens (tertiary/aromatic N) is 6. The van der Waals surface area contributed by atoms with Crippen molar-refractivity contribution in [3.8, 4) is 22.9 Å². The summed E-state index contributed by atoms with van der Waals surface area (Å²) in [5.41, 5.74) is 3.45. The third-order valence-electron chi connectivity index (χ3n) is 7.19. The molecule has 12 heteroatoms. The second-order valence-corrected chi connectivity index (χ2v) is 10.6. The number of benzene rings is 4. The number of para-hydroxylation sites is 4. The predicted octanol–water partition coefficient (Wildman–Crippen LogP) is 8.11. The predicted molar refractivity (Wildman–Crippen MR) is 184 cm³/mol. The van der Waals surface area contributed by atoms with Crippen molar-refractivity contribution in [2.45, 2.75) is 13.8 Å². The highest BCUT2D eigenvalue weighted by Crippen LogP contribution is 2.30. The van der Waals surface area contributed by atoms with Gasteiger partial charge in [0.25, 0.3) is 11.1 Å². The number of nitrogens with one attached hydrogen (secondary N) is 2. The van der Waals surface area contributed by atoms with Gasteiger partial charge in [-0.05, 0) is 74.5 Å². The van der Waals surface area contributed by atoms with E-state index in [0.717, 1.165) is 0 Å². The molecule has 0 aliphatic carbocycles. The Kier molecular flexibility index (Phi) is 9.62. The van der Waals surface area contributed by atoms with Gasteiger partial charge in [0.2, 0.25) is 0 Å². The molecule has 2 heterocycles. The molecule has 0 radical (unpaired) electrons. The van der Waals surface area contributed by atoms with Crippen LogP contribution in [0.15, 0.2) is 151 Å². The largest absolute Gasteiger partial charge is 0.487 e. The molecule has 0 spiro atoms. The van der Waals surface area contributed by atoms with Gasteiger partial charge in [-0.2, -0.15) is 0 Å². The Morgan fingerprint density at radius 2 is 0.917 bits per heavy atom. The summed E-state index contributed by atoms with van der Waals surface area (Å²) in [6.45, 7) is 4.05. The third-order valence-corrected chi connectivity index (χ3v) is 7.19. The minimum Gasteiger partial charge on any atom is -0.487 e. The molecule has 0 aliphatic rings. The van der Waals surface area contributed by atoms with Crippen LogP contribution in [0, 0.1) is 13.8 Å². The van der Waals surface area contributed by atoms with Crippen molar-refractivity contribution < 1.29 is 9.47 Å². The minimum absolute atomic E-state index is 0.220. The topological polar surface area (TPSA) is 143 Å². The molecule has 4 aromatic carbocycles. The van der Waals surface area contributed by atoms with E-state index in [0.29, 0.717) is 45.6 Å². The first-order valence-electron chi connectivity index (χ1n) is 15.2. The van der Waals surface area contributed by atoms with Gasteiger partial charge in [-0.15, -0.1) is 20.5 Å². The lowest BCUT2D eigenvalue weighted by atomic mass is 10.3. The minimum atomic E-state index is -0.294. The summed E-state index contributed by atoms with van der Waals surface area (Å²) in [7, 11) is 0. The number of hydrogen-bond donors (Lipinski definition) is 2. The Balaban J connectivity index is 1.06. The molecule has 0 amide bonds. The number of aromatic nitrogens is 4. The average molecular weight is 641 g/mol. The van der Waals surface area contributed by atoms with Gasteiger partial charge in [0.1, 0.15) is 36.1 Å². The highest BCUT2D eigenvalue weighted by atomic mass is 16.5. The smallest absolute Gasteiger partial charge is 0.299 e. The summed E-state index contributed by atoms with van der Waals surface area (Å²) in [5.74, 6) is 1.03. The Morgan fingerprint density at radius 3 is 1.33 bits per heavy atom. The number of hydrogen-bond acceptors (Lipinski definition) is 8. The van der Waals surface area contributed by atoms with E-state index in [2.05, 4.69) is 30.7 Å².